The van der Waals surface area contributed by atoms with Crippen LogP contribution in [0.4, 0.5) is 11.5 Å². The fourth-order valence-corrected chi connectivity index (χ4v) is 3.73. The predicted molar refractivity (Wildman–Crippen MR) is 112 cm³/mol. The van der Waals surface area contributed by atoms with Crippen molar-refractivity contribution >= 4 is 29.0 Å². The Bertz CT molecular complexity index is 997. The summed E-state index contributed by atoms with van der Waals surface area (Å²) in [5, 5.41) is 12.9. The van der Waals surface area contributed by atoms with Crippen LogP contribution < -0.4 is 16.0 Å². The Hall–Kier alpha value is -2.69. The molecular weight excluding hydrogens is 388 g/mol. The van der Waals surface area contributed by atoms with E-state index in [0.717, 1.165) is 30.6 Å². The van der Waals surface area contributed by atoms with Gasteiger partial charge in [0.05, 0.1) is 12.3 Å². The number of anilines is 2. The highest BCUT2D eigenvalue weighted by Crippen LogP contribution is 2.46. The lowest BCUT2D eigenvalue weighted by molar-refractivity contribution is -0.119. The number of nitriles is 1. The van der Waals surface area contributed by atoms with E-state index in [1.54, 1.807) is 6.20 Å². The third kappa shape index (κ3) is 3.78. The monoisotopic (exact) mass is 410 g/mol. The summed E-state index contributed by atoms with van der Waals surface area (Å²) >= 11 is 6.27. The van der Waals surface area contributed by atoms with Crippen LogP contribution in [0.25, 0.3) is 11.4 Å². The van der Waals surface area contributed by atoms with Crippen molar-refractivity contribution in [3.63, 3.8) is 0 Å². The van der Waals surface area contributed by atoms with Gasteiger partial charge in [-0.05, 0) is 50.3 Å². The van der Waals surface area contributed by atoms with Crippen LogP contribution in [0.15, 0.2) is 24.4 Å². The number of rotatable bonds is 5. The molecule has 2 aromatic rings. The average molecular weight is 411 g/mol. The van der Waals surface area contributed by atoms with Crippen LogP contribution in [-0.4, -0.2) is 35.5 Å². The van der Waals surface area contributed by atoms with Crippen LogP contribution in [0.3, 0.4) is 0 Å². The quantitative estimate of drug-likeness (QED) is 0.783. The lowest BCUT2D eigenvalue weighted by Gasteiger charge is -2.22. The Labute approximate surface area is 174 Å². The largest absolute Gasteiger partial charge is 0.354 e. The van der Waals surface area contributed by atoms with Crippen molar-refractivity contribution in [1.82, 2.24) is 9.97 Å². The van der Waals surface area contributed by atoms with E-state index in [1.165, 1.54) is 0 Å². The van der Waals surface area contributed by atoms with Crippen LogP contribution in [0.1, 0.15) is 24.8 Å². The van der Waals surface area contributed by atoms with Crippen LogP contribution in [0, 0.1) is 29.6 Å². The number of aromatic nitrogens is 2. The number of benzene rings is 1. The van der Waals surface area contributed by atoms with Gasteiger partial charge in [-0.3, -0.25) is 4.79 Å². The minimum absolute atomic E-state index is 0.287. The van der Waals surface area contributed by atoms with Crippen LogP contribution in [-0.2, 0) is 4.79 Å². The highest BCUT2D eigenvalue weighted by molar-refractivity contribution is 6.31. The zero-order valence-corrected chi connectivity index (χ0v) is 17.0. The molecular formula is C21H23ClN6O. The Morgan fingerprint density at radius 1 is 1.48 bits per heavy atom. The average Bonchev–Trinajstić information content (AvgIpc) is 3.40. The fourth-order valence-electron chi connectivity index (χ4n) is 3.55. The summed E-state index contributed by atoms with van der Waals surface area (Å²) < 4.78 is 0. The van der Waals surface area contributed by atoms with Crippen molar-refractivity contribution < 1.29 is 4.79 Å². The van der Waals surface area contributed by atoms with Crippen LogP contribution in [0.2, 0.25) is 5.02 Å². The van der Waals surface area contributed by atoms with Gasteiger partial charge >= 0.3 is 0 Å². The van der Waals surface area contributed by atoms with Crippen molar-refractivity contribution in [2.45, 2.75) is 26.2 Å². The minimum Gasteiger partial charge on any atom is -0.354 e. The first-order valence-electron chi connectivity index (χ1n) is 9.77. The Kier molecular flexibility index (Phi) is 5.15. The van der Waals surface area contributed by atoms with Gasteiger partial charge in [0, 0.05) is 23.7 Å². The van der Waals surface area contributed by atoms with Crippen LogP contribution >= 0.6 is 11.6 Å². The number of halogens is 1. The maximum atomic E-state index is 12.6. The summed E-state index contributed by atoms with van der Waals surface area (Å²) in [5.41, 5.74) is 7.25. The Morgan fingerprint density at radius 2 is 2.28 bits per heavy atom. The Morgan fingerprint density at radius 3 is 2.90 bits per heavy atom. The smallest absolute Gasteiger partial charge is 0.244 e. The number of nitrogens with zero attached hydrogens (tertiary/aromatic N) is 4. The van der Waals surface area contributed by atoms with Crippen molar-refractivity contribution in [2.75, 3.05) is 29.9 Å². The molecule has 7 nitrogen and oxygen atoms in total. The summed E-state index contributed by atoms with van der Waals surface area (Å²) in [6, 6.07) is 7.83. The second-order valence-corrected chi connectivity index (χ2v) is 8.29. The van der Waals surface area contributed by atoms with E-state index in [9.17, 15) is 10.1 Å². The number of hydrogen-bond donors (Lipinski definition) is 2. The molecule has 0 spiro atoms. The molecule has 0 bridgehead atoms. The van der Waals surface area contributed by atoms with E-state index in [0.29, 0.717) is 47.7 Å². The number of nitrogens with one attached hydrogen (secondary N) is 1. The molecule has 2 heterocycles. The topological polar surface area (TPSA) is 108 Å². The van der Waals surface area contributed by atoms with Gasteiger partial charge in [0.2, 0.25) is 5.91 Å². The molecule has 1 aliphatic heterocycles. The number of nitrogens with two attached hydrogens (primary N) is 1. The molecule has 1 amide bonds. The van der Waals surface area contributed by atoms with Gasteiger partial charge in [-0.1, -0.05) is 23.7 Å². The second kappa shape index (κ2) is 7.62. The third-order valence-electron chi connectivity index (χ3n) is 5.76. The molecule has 1 aliphatic carbocycles. The molecule has 2 aliphatic rings. The normalized spacial score (nSPS) is 19.7. The number of aryl methyl sites for hydroxylation is 1. The third-order valence-corrected chi connectivity index (χ3v) is 6.17. The molecule has 3 N–H and O–H groups in total. The van der Waals surface area contributed by atoms with Gasteiger partial charge < -0.3 is 16.0 Å². The van der Waals surface area contributed by atoms with E-state index in [-0.39, 0.29) is 5.91 Å². The maximum Gasteiger partial charge on any atom is 0.244 e. The molecule has 8 heteroatoms. The van der Waals surface area contributed by atoms with E-state index in [2.05, 4.69) is 21.3 Å². The number of carbonyl (C=O) groups is 1. The van der Waals surface area contributed by atoms with Crippen molar-refractivity contribution in [2.24, 2.45) is 17.1 Å². The summed E-state index contributed by atoms with van der Waals surface area (Å²) in [6.07, 6.45) is 3.77. The van der Waals surface area contributed by atoms with Crippen molar-refractivity contribution in [3.8, 4) is 17.5 Å². The van der Waals surface area contributed by atoms with Gasteiger partial charge in [-0.25, -0.2) is 9.97 Å². The summed E-state index contributed by atoms with van der Waals surface area (Å²) in [5.74, 6) is 1.30. The summed E-state index contributed by atoms with van der Waals surface area (Å²) in [4.78, 5) is 23.9. The van der Waals surface area contributed by atoms with E-state index in [4.69, 9.17) is 22.3 Å². The second-order valence-electron chi connectivity index (χ2n) is 7.88. The number of carbonyl (C=O) groups excluding carboxylic acids is 1. The number of amides is 1. The molecule has 1 aromatic carbocycles. The zero-order valence-electron chi connectivity index (χ0n) is 16.3. The van der Waals surface area contributed by atoms with Gasteiger partial charge in [-0.2, -0.15) is 5.26 Å². The first kappa shape index (κ1) is 19.6. The molecule has 1 atom stereocenters. The molecule has 29 heavy (non-hydrogen) atoms. The zero-order chi connectivity index (χ0) is 20.6. The molecule has 1 saturated heterocycles. The minimum atomic E-state index is -0.911. The first-order chi connectivity index (χ1) is 14.0. The first-order valence-corrected chi connectivity index (χ1v) is 10.1. The van der Waals surface area contributed by atoms with E-state index in [1.807, 2.05) is 25.1 Å². The van der Waals surface area contributed by atoms with Gasteiger partial charge in [-0.15, -0.1) is 0 Å². The fraction of sp³-hybridized carbons (Fsp3) is 0.429. The molecule has 2 fully saturated rings. The molecule has 1 unspecified atom stereocenters. The standard InChI is InChI=1S/C21H23ClN6O/c1-13-2-3-15(8-16(13)22)18-25-10-17(26-20(29)21(12-24)5-6-21)19(27-18)28-7-4-14(9-23)11-28/h2-3,8,10,14H,4-7,9,11,23H2,1H3,(H,26,29). The van der Waals surface area contributed by atoms with Crippen LogP contribution in [0.5, 0.6) is 0 Å². The van der Waals surface area contributed by atoms with Crippen molar-refractivity contribution in [1.29, 1.82) is 5.26 Å². The highest BCUT2D eigenvalue weighted by atomic mass is 35.5. The Balaban J connectivity index is 1.69. The summed E-state index contributed by atoms with van der Waals surface area (Å²) in [7, 11) is 0. The SMILES string of the molecule is Cc1ccc(-c2ncc(NC(=O)C3(C#N)CC3)c(N3CCC(CN)C3)n2)cc1Cl. The molecule has 150 valence electrons. The van der Waals surface area contributed by atoms with Gasteiger partial charge in [0.25, 0.3) is 0 Å². The molecule has 0 radical (unpaired) electrons. The van der Waals surface area contributed by atoms with Gasteiger partial charge in [0.15, 0.2) is 11.6 Å². The molecule has 4 rings (SSSR count). The maximum absolute atomic E-state index is 12.6. The van der Waals surface area contributed by atoms with E-state index >= 15 is 0 Å². The van der Waals surface area contributed by atoms with Gasteiger partial charge in [0.1, 0.15) is 11.1 Å². The summed E-state index contributed by atoms with van der Waals surface area (Å²) in [6.45, 7) is 4.13. The predicted octanol–water partition coefficient (Wildman–Crippen LogP) is 3.13. The molecule has 1 aromatic heterocycles. The van der Waals surface area contributed by atoms with Crippen molar-refractivity contribution in [3.05, 3.63) is 35.0 Å². The highest BCUT2D eigenvalue weighted by Gasteiger charge is 2.51. The van der Waals surface area contributed by atoms with E-state index < -0.39 is 5.41 Å². The molecule has 1 saturated carbocycles. The number of hydrogen-bond acceptors (Lipinski definition) is 6. The lowest BCUT2D eigenvalue weighted by atomic mass is 10.1. The lowest BCUT2D eigenvalue weighted by Crippen LogP contribution is -2.28.